The number of ether oxygens (including phenoxy) is 1. The lowest BCUT2D eigenvalue weighted by atomic mass is 10.1. The highest BCUT2D eigenvalue weighted by molar-refractivity contribution is 9.10. The molecule has 7 heteroatoms. The number of carboxylic acid groups (broad SMARTS) is 1. The average Bonchev–Trinajstić information content (AvgIpc) is 2.47. The molecule has 0 bridgehead atoms. The van der Waals surface area contributed by atoms with Crippen molar-refractivity contribution in [2.24, 2.45) is 0 Å². The molecular weight excluding hydrogens is 376 g/mol. The standard InChI is InChI=1S/C17H23BrN2O4/c1-17(2,3)24-16(23)20-9-8-19(11-14(20)15(21)22)10-12-4-6-13(18)7-5-12/h4-7,14H,8-11H2,1-3H3,(H,21,22)/t14-/m1/s1. The molecule has 0 spiro atoms. The highest BCUT2D eigenvalue weighted by Gasteiger charge is 2.37. The summed E-state index contributed by atoms with van der Waals surface area (Å²) in [6.45, 7) is 7.19. The quantitative estimate of drug-likeness (QED) is 0.847. The first-order valence-corrected chi connectivity index (χ1v) is 8.64. The number of hydrogen-bond acceptors (Lipinski definition) is 4. The Morgan fingerprint density at radius 3 is 2.42 bits per heavy atom. The second-order valence-electron chi connectivity index (χ2n) is 6.89. The number of carbonyl (C=O) groups is 2. The third kappa shape index (κ3) is 5.21. The highest BCUT2D eigenvalue weighted by Crippen LogP contribution is 2.18. The molecule has 2 rings (SSSR count). The topological polar surface area (TPSA) is 70.1 Å². The molecule has 1 amide bonds. The van der Waals surface area contributed by atoms with Crippen molar-refractivity contribution in [1.82, 2.24) is 9.80 Å². The van der Waals surface area contributed by atoms with Crippen molar-refractivity contribution in [3.05, 3.63) is 34.3 Å². The molecule has 1 saturated heterocycles. The Kier molecular flexibility index (Phi) is 5.87. The SMILES string of the molecule is CC(C)(C)OC(=O)N1CCN(Cc2ccc(Br)cc2)C[C@@H]1C(=O)O. The Labute approximate surface area is 150 Å². The minimum atomic E-state index is -1.01. The number of nitrogens with zero attached hydrogens (tertiary/aromatic N) is 2. The minimum Gasteiger partial charge on any atom is -0.480 e. The monoisotopic (exact) mass is 398 g/mol. The van der Waals surface area contributed by atoms with Crippen LogP contribution in [0.5, 0.6) is 0 Å². The van der Waals surface area contributed by atoms with Gasteiger partial charge >= 0.3 is 12.1 Å². The summed E-state index contributed by atoms with van der Waals surface area (Å²) in [5.74, 6) is -1.01. The second-order valence-corrected chi connectivity index (χ2v) is 7.81. The molecule has 0 radical (unpaired) electrons. The molecule has 6 nitrogen and oxygen atoms in total. The fourth-order valence-corrected chi connectivity index (χ4v) is 2.85. The number of rotatable bonds is 3. The maximum atomic E-state index is 12.2. The van der Waals surface area contributed by atoms with Crippen molar-refractivity contribution in [2.75, 3.05) is 19.6 Å². The zero-order valence-electron chi connectivity index (χ0n) is 14.2. The Morgan fingerprint density at radius 2 is 1.88 bits per heavy atom. The third-order valence-electron chi connectivity index (χ3n) is 3.70. The van der Waals surface area contributed by atoms with Gasteiger partial charge in [0.2, 0.25) is 0 Å². The maximum absolute atomic E-state index is 12.2. The van der Waals surface area contributed by atoms with E-state index in [2.05, 4.69) is 15.9 Å². The van der Waals surface area contributed by atoms with Crippen LogP contribution in [0.4, 0.5) is 4.79 Å². The number of piperazine rings is 1. The fourth-order valence-electron chi connectivity index (χ4n) is 2.58. The predicted molar refractivity (Wildman–Crippen MR) is 93.8 cm³/mol. The van der Waals surface area contributed by atoms with Crippen molar-refractivity contribution < 1.29 is 19.4 Å². The Bertz CT molecular complexity index is 598. The first-order chi connectivity index (χ1) is 11.2. The zero-order valence-corrected chi connectivity index (χ0v) is 15.7. The number of halogens is 1. The van der Waals surface area contributed by atoms with Crippen molar-refractivity contribution in [3.8, 4) is 0 Å². The summed E-state index contributed by atoms with van der Waals surface area (Å²) in [4.78, 5) is 27.2. The molecular formula is C17H23BrN2O4. The Hall–Kier alpha value is -1.60. The summed E-state index contributed by atoms with van der Waals surface area (Å²) in [6.07, 6.45) is -0.571. The molecule has 0 unspecified atom stereocenters. The summed E-state index contributed by atoms with van der Waals surface area (Å²) in [6, 6.07) is 7.02. The van der Waals surface area contributed by atoms with E-state index in [1.54, 1.807) is 20.8 Å². The highest BCUT2D eigenvalue weighted by atomic mass is 79.9. The van der Waals surface area contributed by atoms with Crippen LogP contribution < -0.4 is 0 Å². The van der Waals surface area contributed by atoms with Crippen LogP contribution in [0.1, 0.15) is 26.3 Å². The van der Waals surface area contributed by atoms with Gasteiger partial charge in [-0.1, -0.05) is 28.1 Å². The predicted octanol–water partition coefficient (Wildman–Crippen LogP) is 2.96. The van der Waals surface area contributed by atoms with Gasteiger partial charge in [0.05, 0.1) is 0 Å². The maximum Gasteiger partial charge on any atom is 0.411 e. The van der Waals surface area contributed by atoms with Crippen LogP contribution in [0.15, 0.2) is 28.7 Å². The van der Waals surface area contributed by atoms with Gasteiger partial charge in [0.15, 0.2) is 0 Å². The molecule has 1 heterocycles. The van der Waals surface area contributed by atoms with Gasteiger partial charge in [-0.3, -0.25) is 9.80 Å². The summed E-state index contributed by atoms with van der Waals surface area (Å²) in [7, 11) is 0. The van der Waals surface area contributed by atoms with Gasteiger partial charge < -0.3 is 9.84 Å². The van der Waals surface area contributed by atoms with Crippen molar-refractivity contribution >= 4 is 28.0 Å². The van der Waals surface area contributed by atoms with Crippen LogP contribution in [0.3, 0.4) is 0 Å². The molecule has 1 aromatic rings. The van der Waals surface area contributed by atoms with E-state index in [0.29, 0.717) is 19.6 Å². The number of hydrogen-bond donors (Lipinski definition) is 1. The van der Waals surface area contributed by atoms with Crippen molar-refractivity contribution in [3.63, 3.8) is 0 Å². The molecule has 1 atom stereocenters. The van der Waals surface area contributed by atoms with Crippen molar-refractivity contribution in [1.29, 1.82) is 0 Å². The van der Waals surface area contributed by atoms with E-state index >= 15 is 0 Å². The van der Waals surface area contributed by atoms with E-state index in [9.17, 15) is 14.7 Å². The van der Waals surface area contributed by atoms with E-state index in [4.69, 9.17) is 4.74 Å². The van der Waals surface area contributed by atoms with Gasteiger partial charge in [0.1, 0.15) is 11.6 Å². The lowest BCUT2D eigenvalue weighted by Gasteiger charge is -2.39. The van der Waals surface area contributed by atoms with Gasteiger partial charge in [0.25, 0.3) is 0 Å². The number of carbonyl (C=O) groups excluding carboxylic acids is 1. The third-order valence-corrected chi connectivity index (χ3v) is 4.23. The Morgan fingerprint density at radius 1 is 1.25 bits per heavy atom. The normalized spacial score (nSPS) is 19.2. The molecule has 1 aromatic carbocycles. The van der Waals surface area contributed by atoms with Gasteiger partial charge in [-0.05, 0) is 38.5 Å². The van der Waals surface area contributed by atoms with Crippen LogP contribution in [-0.4, -0.2) is 58.2 Å². The molecule has 24 heavy (non-hydrogen) atoms. The van der Waals surface area contributed by atoms with E-state index in [1.807, 2.05) is 29.2 Å². The molecule has 0 aromatic heterocycles. The number of amides is 1. The minimum absolute atomic E-state index is 0.282. The van der Waals surface area contributed by atoms with Crippen LogP contribution in [0.25, 0.3) is 0 Å². The lowest BCUT2D eigenvalue weighted by Crippen LogP contribution is -2.58. The first kappa shape index (κ1) is 18.7. The smallest absolute Gasteiger partial charge is 0.411 e. The van der Waals surface area contributed by atoms with Gasteiger partial charge in [-0.25, -0.2) is 9.59 Å². The van der Waals surface area contributed by atoms with Crippen LogP contribution in [0.2, 0.25) is 0 Å². The van der Waals surface area contributed by atoms with Gasteiger partial charge in [-0.15, -0.1) is 0 Å². The van der Waals surface area contributed by atoms with Gasteiger partial charge in [-0.2, -0.15) is 0 Å². The van der Waals surface area contributed by atoms with E-state index in [0.717, 1.165) is 10.0 Å². The average molecular weight is 399 g/mol. The van der Waals surface area contributed by atoms with E-state index < -0.39 is 23.7 Å². The number of benzene rings is 1. The summed E-state index contributed by atoms with van der Waals surface area (Å²) in [5, 5.41) is 9.49. The summed E-state index contributed by atoms with van der Waals surface area (Å²) >= 11 is 3.40. The number of aliphatic carboxylic acids is 1. The van der Waals surface area contributed by atoms with E-state index in [-0.39, 0.29) is 6.54 Å². The summed E-state index contributed by atoms with van der Waals surface area (Å²) in [5.41, 5.74) is 0.461. The van der Waals surface area contributed by atoms with Crippen LogP contribution in [-0.2, 0) is 16.1 Å². The lowest BCUT2D eigenvalue weighted by molar-refractivity contribution is -0.145. The molecule has 0 saturated carbocycles. The molecule has 132 valence electrons. The van der Waals surface area contributed by atoms with Gasteiger partial charge in [0, 0.05) is 30.7 Å². The molecule has 1 fully saturated rings. The second kappa shape index (κ2) is 7.53. The Balaban J connectivity index is 2.03. The zero-order chi connectivity index (χ0) is 17.9. The molecule has 0 aliphatic carbocycles. The molecule has 1 aliphatic rings. The molecule has 1 aliphatic heterocycles. The first-order valence-electron chi connectivity index (χ1n) is 7.85. The van der Waals surface area contributed by atoms with E-state index in [1.165, 1.54) is 4.90 Å². The van der Waals surface area contributed by atoms with Crippen LogP contribution in [0, 0.1) is 0 Å². The summed E-state index contributed by atoms with van der Waals surface area (Å²) < 4.78 is 6.33. The molecule has 1 N–H and O–H groups in total. The number of carboxylic acids is 1. The van der Waals surface area contributed by atoms with Crippen molar-refractivity contribution in [2.45, 2.75) is 39.0 Å². The largest absolute Gasteiger partial charge is 0.480 e. The van der Waals surface area contributed by atoms with Crippen LogP contribution >= 0.6 is 15.9 Å². The fraction of sp³-hybridized carbons (Fsp3) is 0.529.